The molecule has 1 heterocycles. The average molecular weight is 114 g/mol. The predicted molar refractivity (Wildman–Crippen MR) is 26.9 cm³/mol. The maximum Gasteiger partial charge on any atom is 0.326 e. The van der Waals surface area contributed by atoms with Gasteiger partial charge in [-0.25, -0.2) is 0 Å². The molecule has 3 heteroatoms. The Morgan fingerprint density at radius 1 is 1.75 bits per heavy atom. The van der Waals surface area contributed by atoms with Crippen molar-refractivity contribution >= 4 is 0 Å². The standard InChI is InChI=1S/C5H6O3/c1-7-4-2-3-8-5(4)6/h2-3,6H,1H3. The summed E-state index contributed by atoms with van der Waals surface area (Å²) in [6.45, 7) is 0. The maximum absolute atomic E-state index is 8.66. The molecule has 3 nitrogen and oxygen atoms in total. The van der Waals surface area contributed by atoms with Crippen molar-refractivity contribution in [3.05, 3.63) is 12.3 Å². The van der Waals surface area contributed by atoms with Crippen molar-refractivity contribution in [1.82, 2.24) is 0 Å². The average Bonchev–Trinajstić information content (AvgIpc) is 2.14. The number of rotatable bonds is 1. The molecule has 1 aromatic heterocycles. The molecule has 0 saturated heterocycles. The lowest BCUT2D eigenvalue weighted by Crippen LogP contribution is -1.76. The lowest BCUT2D eigenvalue weighted by atomic mass is 10.6. The molecular weight excluding hydrogens is 108 g/mol. The molecular formula is C5H6O3. The van der Waals surface area contributed by atoms with Crippen molar-refractivity contribution in [3.63, 3.8) is 0 Å². The number of hydrogen-bond acceptors (Lipinski definition) is 3. The molecule has 0 radical (unpaired) electrons. The topological polar surface area (TPSA) is 42.6 Å². The van der Waals surface area contributed by atoms with Gasteiger partial charge in [-0.15, -0.1) is 0 Å². The number of ether oxygens (including phenoxy) is 1. The van der Waals surface area contributed by atoms with Gasteiger partial charge in [-0.05, 0) is 0 Å². The van der Waals surface area contributed by atoms with Gasteiger partial charge in [0.25, 0.3) is 0 Å². The summed E-state index contributed by atoms with van der Waals surface area (Å²) in [5, 5.41) is 8.66. The third-order valence-corrected chi connectivity index (χ3v) is 0.830. The minimum atomic E-state index is -0.174. The van der Waals surface area contributed by atoms with Crippen LogP contribution >= 0.6 is 0 Å². The monoisotopic (exact) mass is 114 g/mol. The molecule has 1 rings (SSSR count). The molecule has 0 saturated carbocycles. The van der Waals surface area contributed by atoms with Crippen LogP contribution in [0.4, 0.5) is 0 Å². The molecule has 0 atom stereocenters. The van der Waals surface area contributed by atoms with Gasteiger partial charge < -0.3 is 14.3 Å². The fourth-order valence-electron chi connectivity index (χ4n) is 0.445. The van der Waals surface area contributed by atoms with E-state index in [1.54, 1.807) is 0 Å². The summed E-state index contributed by atoms with van der Waals surface area (Å²) in [5.41, 5.74) is 0. The third-order valence-electron chi connectivity index (χ3n) is 0.830. The van der Waals surface area contributed by atoms with Gasteiger partial charge >= 0.3 is 5.95 Å². The first kappa shape index (κ1) is 5.03. The van der Waals surface area contributed by atoms with Crippen LogP contribution in [0.2, 0.25) is 0 Å². The van der Waals surface area contributed by atoms with Gasteiger partial charge in [0.1, 0.15) is 0 Å². The maximum atomic E-state index is 8.66. The third kappa shape index (κ3) is 0.621. The van der Waals surface area contributed by atoms with Gasteiger partial charge in [-0.3, -0.25) is 0 Å². The zero-order chi connectivity index (χ0) is 5.98. The van der Waals surface area contributed by atoms with Crippen LogP contribution in [0, 0.1) is 0 Å². The Balaban J connectivity index is 2.92. The Bertz CT molecular complexity index is 168. The Morgan fingerprint density at radius 3 is 2.75 bits per heavy atom. The van der Waals surface area contributed by atoms with Crippen molar-refractivity contribution in [2.24, 2.45) is 0 Å². The van der Waals surface area contributed by atoms with Crippen molar-refractivity contribution < 1.29 is 14.3 Å². The summed E-state index contributed by atoms with van der Waals surface area (Å²) in [6.07, 6.45) is 1.36. The highest BCUT2D eigenvalue weighted by Crippen LogP contribution is 2.24. The summed E-state index contributed by atoms with van der Waals surface area (Å²) in [7, 11) is 1.46. The van der Waals surface area contributed by atoms with Crippen LogP contribution in [-0.4, -0.2) is 12.2 Å². The van der Waals surface area contributed by atoms with E-state index in [-0.39, 0.29) is 5.95 Å². The van der Waals surface area contributed by atoms with Gasteiger partial charge in [0, 0.05) is 6.07 Å². The minimum Gasteiger partial charge on any atom is -0.490 e. The fraction of sp³-hybridized carbons (Fsp3) is 0.200. The van der Waals surface area contributed by atoms with Gasteiger partial charge in [-0.1, -0.05) is 0 Å². The van der Waals surface area contributed by atoms with E-state index >= 15 is 0 Å². The van der Waals surface area contributed by atoms with Gasteiger partial charge in [-0.2, -0.15) is 0 Å². The highest BCUT2D eigenvalue weighted by atomic mass is 16.5. The minimum absolute atomic E-state index is 0.174. The number of aromatic hydroxyl groups is 1. The van der Waals surface area contributed by atoms with Crippen molar-refractivity contribution in [1.29, 1.82) is 0 Å². The number of methoxy groups -OCH3 is 1. The summed E-state index contributed by atoms with van der Waals surface area (Å²) < 4.78 is 9.13. The van der Waals surface area contributed by atoms with E-state index in [4.69, 9.17) is 5.11 Å². The fourth-order valence-corrected chi connectivity index (χ4v) is 0.445. The normalized spacial score (nSPS) is 9.12. The first-order chi connectivity index (χ1) is 3.84. The molecule has 44 valence electrons. The number of hydrogen-bond donors (Lipinski definition) is 1. The SMILES string of the molecule is COc1ccoc1O. The summed E-state index contributed by atoms with van der Waals surface area (Å²) in [6, 6.07) is 1.54. The molecule has 0 aliphatic heterocycles. The van der Waals surface area contributed by atoms with E-state index in [9.17, 15) is 0 Å². The van der Waals surface area contributed by atoms with E-state index in [2.05, 4.69) is 9.15 Å². The zero-order valence-electron chi connectivity index (χ0n) is 4.42. The lowest BCUT2D eigenvalue weighted by Gasteiger charge is -1.89. The van der Waals surface area contributed by atoms with E-state index in [1.165, 1.54) is 19.4 Å². The Labute approximate surface area is 46.5 Å². The van der Waals surface area contributed by atoms with Crippen molar-refractivity contribution in [2.45, 2.75) is 0 Å². The summed E-state index contributed by atoms with van der Waals surface area (Å²) in [5.74, 6) is 0.192. The highest BCUT2D eigenvalue weighted by molar-refractivity contribution is 5.28. The molecule has 0 aliphatic rings. The second kappa shape index (κ2) is 1.78. The summed E-state index contributed by atoms with van der Waals surface area (Å²) in [4.78, 5) is 0. The molecule has 8 heavy (non-hydrogen) atoms. The quantitative estimate of drug-likeness (QED) is 0.592. The molecule has 0 aliphatic carbocycles. The van der Waals surface area contributed by atoms with Gasteiger partial charge in [0.2, 0.25) is 5.75 Å². The summed E-state index contributed by atoms with van der Waals surface area (Å²) >= 11 is 0. The van der Waals surface area contributed by atoms with Crippen LogP contribution in [-0.2, 0) is 0 Å². The predicted octanol–water partition coefficient (Wildman–Crippen LogP) is 0.994. The Morgan fingerprint density at radius 2 is 2.50 bits per heavy atom. The highest BCUT2D eigenvalue weighted by Gasteiger charge is 2.00. The van der Waals surface area contributed by atoms with Gasteiger partial charge in [0.05, 0.1) is 13.4 Å². The van der Waals surface area contributed by atoms with Crippen LogP contribution in [0.3, 0.4) is 0 Å². The molecule has 0 bridgehead atoms. The Kier molecular flexibility index (Phi) is 1.12. The molecule has 0 amide bonds. The molecule has 0 fully saturated rings. The molecule has 1 N–H and O–H groups in total. The van der Waals surface area contributed by atoms with E-state index in [1.807, 2.05) is 0 Å². The van der Waals surface area contributed by atoms with Gasteiger partial charge in [0.15, 0.2) is 0 Å². The first-order valence-corrected chi connectivity index (χ1v) is 2.15. The number of furan rings is 1. The van der Waals surface area contributed by atoms with Crippen LogP contribution in [0.15, 0.2) is 16.7 Å². The van der Waals surface area contributed by atoms with E-state index < -0.39 is 0 Å². The Hall–Kier alpha value is -1.12. The second-order valence-corrected chi connectivity index (χ2v) is 1.29. The van der Waals surface area contributed by atoms with Crippen LogP contribution < -0.4 is 4.74 Å². The zero-order valence-corrected chi connectivity index (χ0v) is 4.42. The molecule has 0 aromatic carbocycles. The lowest BCUT2D eigenvalue weighted by molar-refractivity contribution is 0.299. The van der Waals surface area contributed by atoms with Crippen molar-refractivity contribution in [3.8, 4) is 11.7 Å². The largest absolute Gasteiger partial charge is 0.490 e. The smallest absolute Gasteiger partial charge is 0.326 e. The van der Waals surface area contributed by atoms with Crippen LogP contribution in [0.1, 0.15) is 0 Å². The van der Waals surface area contributed by atoms with Crippen molar-refractivity contribution in [2.75, 3.05) is 7.11 Å². The molecule has 0 unspecified atom stereocenters. The van der Waals surface area contributed by atoms with Crippen LogP contribution in [0.25, 0.3) is 0 Å². The molecule has 1 aromatic rings. The first-order valence-electron chi connectivity index (χ1n) is 2.15. The van der Waals surface area contributed by atoms with E-state index in [0.29, 0.717) is 5.75 Å². The second-order valence-electron chi connectivity index (χ2n) is 1.29. The molecule has 0 spiro atoms. The van der Waals surface area contributed by atoms with E-state index in [0.717, 1.165) is 0 Å². The van der Waals surface area contributed by atoms with Crippen LogP contribution in [0.5, 0.6) is 11.7 Å².